The van der Waals surface area contributed by atoms with Crippen LogP contribution in [0.2, 0.25) is 0 Å². The lowest BCUT2D eigenvalue weighted by molar-refractivity contribution is 0.0845. The zero-order valence-electron chi connectivity index (χ0n) is 15.8. The highest BCUT2D eigenvalue weighted by atomic mass is 14.5. The van der Waals surface area contributed by atoms with Gasteiger partial charge >= 0.3 is 0 Å². The molecule has 0 aromatic carbocycles. The fourth-order valence-electron chi connectivity index (χ4n) is 5.36. The summed E-state index contributed by atoms with van der Waals surface area (Å²) in [5.41, 5.74) is 0.0527. The molecule has 2 saturated carbocycles. The Kier molecular flexibility index (Phi) is 7.94. The molecule has 0 radical (unpaired) electrons. The van der Waals surface area contributed by atoms with Crippen LogP contribution in [-0.2, 0) is 0 Å². The first-order valence-corrected chi connectivity index (χ1v) is 10.6. The van der Waals surface area contributed by atoms with Crippen molar-refractivity contribution in [3.8, 4) is 6.07 Å². The molecule has 2 aliphatic rings. The summed E-state index contributed by atoms with van der Waals surface area (Å²) in [5.74, 6) is 2.59. The van der Waals surface area contributed by atoms with Gasteiger partial charge in [0.15, 0.2) is 0 Å². The Labute approximate surface area is 145 Å². The van der Waals surface area contributed by atoms with Gasteiger partial charge in [-0.2, -0.15) is 5.26 Å². The average Bonchev–Trinajstić information content (AvgIpc) is 2.60. The molecule has 0 aromatic heterocycles. The molecule has 2 rings (SSSR count). The maximum Gasteiger partial charge on any atom is 0.0692 e. The maximum absolute atomic E-state index is 9.95. The van der Waals surface area contributed by atoms with Crippen molar-refractivity contribution >= 4 is 0 Å². The van der Waals surface area contributed by atoms with E-state index in [0.29, 0.717) is 5.92 Å². The number of nitrogens with zero attached hydrogens (tertiary/aromatic N) is 1. The highest BCUT2D eigenvalue weighted by Crippen LogP contribution is 2.50. The van der Waals surface area contributed by atoms with Gasteiger partial charge in [0, 0.05) is 0 Å². The van der Waals surface area contributed by atoms with E-state index < -0.39 is 0 Å². The van der Waals surface area contributed by atoms with Crippen LogP contribution in [-0.4, -0.2) is 0 Å². The smallest absolute Gasteiger partial charge is 0.0692 e. The van der Waals surface area contributed by atoms with Gasteiger partial charge in [0.1, 0.15) is 0 Å². The quantitative estimate of drug-likeness (QED) is 0.432. The number of unbranched alkanes of at least 4 members (excludes halogenated alkanes) is 3. The minimum absolute atomic E-state index is 0.0527. The predicted molar refractivity (Wildman–Crippen MR) is 99.1 cm³/mol. The number of rotatable bonds is 8. The van der Waals surface area contributed by atoms with Crippen LogP contribution in [0.15, 0.2) is 0 Å². The molecular weight excluding hydrogens is 278 g/mol. The van der Waals surface area contributed by atoms with Crippen molar-refractivity contribution < 1.29 is 0 Å². The monoisotopic (exact) mass is 317 g/mol. The lowest BCUT2D eigenvalue weighted by Gasteiger charge is -2.43. The van der Waals surface area contributed by atoms with Gasteiger partial charge in [-0.3, -0.25) is 0 Å². The molecule has 0 bridgehead atoms. The Balaban J connectivity index is 1.77. The van der Waals surface area contributed by atoms with E-state index in [1.165, 1.54) is 96.3 Å². The molecule has 132 valence electrons. The number of hydrogen-bond acceptors (Lipinski definition) is 1. The standard InChI is InChI=1S/C22H39N/c1-3-5-6-7-9-20-14-16-22(18-23,17-15-20)21-12-10-19(8-4-2)11-13-21/h19-21H,3-17H2,1-2H3/t19?,20-,21?,22-. The van der Waals surface area contributed by atoms with Crippen molar-refractivity contribution in [1.82, 2.24) is 0 Å². The Morgan fingerprint density at radius 3 is 2.00 bits per heavy atom. The van der Waals surface area contributed by atoms with Crippen LogP contribution in [0.4, 0.5) is 0 Å². The second-order valence-corrected chi connectivity index (χ2v) is 8.57. The van der Waals surface area contributed by atoms with E-state index in [1.807, 2.05) is 0 Å². The average molecular weight is 318 g/mol. The topological polar surface area (TPSA) is 23.8 Å². The lowest BCUT2D eigenvalue weighted by atomic mass is 9.59. The molecular formula is C22H39N. The third-order valence-corrected chi connectivity index (χ3v) is 7.01. The first kappa shape index (κ1) is 18.8. The van der Waals surface area contributed by atoms with Crippen molar-refractivity contribution in [2.24, 2.45) is 23.2 Å². The van der Waals surface area contributed by atoms with Crippen LogP contribution in [0.3, 0.4) is 0 Å². The van der Waals surface area contributed by atoms with E-state index in [9.17, 15) is 5.26 Å². The molecule has 0 atom stereocenters. The molecule has 0 heterocycles. The van der Waals surface area contributed by atoms with E-state index >= 15 is 0 Å². The third-order valence-electron chi connectivity index (χ3n) is 7.01. The summed E-state index contributed by atoms with van der Waals surface area (Å²) in [4.78, 5) is 0. The fraction of sp³-hybridized carbons (Fsp3) is 0.955. The van der Waals surface area contributed by atoms with E-state index in [2.05, 4.69) is 19.9 Å². The molecule has 0 amide bonds. The number of nitriles is 1. The summed E-state index contributed by atoms with van der Waals surface area (Å²) < 4.78 is 0. The SMILES string of the molecule is CCCCCC[C@H]1CC[C@](C#N)(C2CCC(CCC)CC2)CC1. The predicted octanol–water partition coefficient (Wildman–Crippen LogP) is 7.26. The van der Waals surface area contributed by atoms with Crippen LogP contribution in [0, 0.1) is 34.5 Å². The highest BCUT2D eigenvalue weighted by Gasteiger charge is 2.43. The van der Waals surface area contributed by atoms with Gasteiger partial charge in [-0.15, -0.1) is 0 Å². The molecule has 2 aliphatic carbocycles. The van der Waals surface area contributed by atoms with E-state index in [0.717, 1.165) is 11.8 Å². The van der Waals surface area contributed by atoms with Gasteiger partial charge in [0.05, 0.1) is 11.5 Å². The molecule has 0 aromatic rings. The highest BCUT2D eigenvalue weighted by molar-refractivity contribution is 5.06. The minimum atomic E-state index is 0.0527. The second kappa shape index (κ2) is 9.71. The second-order valence-electron chi connectivity index (χ2n) is 8.57. The lowest BCUT2D eigenvalue weighted by Crippen LogP contribution is -2.36. The van der Waals surface area contributed by atoms with Crippen molar-refractivity contribution in [3.05, 3.63) is 0 Å². The minimum Gasteiger partial charge on any atom is -0.198 e. The first-order valence-electron chi connectivity index (χ1n) is 10.6. The largest absolute Gasteiger partial charge is 0.198 e. The summed E-state index contributed by atoms with van der Waals surface area (Å²) in [6.45, 7) is 4.60. The number of hydrogen-bond donors (Lipinski definition) is 0. The van der Waals surface area contributed by atoms with Gasteiger partial charge < -0.3 is 0 Å². The molecule has 23 heavy (non-hydrogen) atoms. The Morgan fingerprint density at radius 2 is 1.43 bits per heavy atom. The van der Waals surface area contributed by atoms with Crippen molar-refractivity contribution in [3.63, 3.8) is 0 Å². The molecule has 1 nitrogen and oxygen atoms in total. The van der Waals surface area contributed by atoms with Gasteiger partial charge in [-0.1, -0.05) is 71.6 Å². The van der Waals surface area contributed by atoms with Crippen LogP contribution < -0.4 is 0 Å². The van der Waals surface area contributed by atoms with Crippen LogP contribution >= 0.6 is 0 Å². The zero-order chi connectivity index (χ0) is 16.5. The van der Waals surface area contributed by atoms with Crippen molar-refractivity contribution in [2.45, 2.75) is 110 Å². The summed E-state index contributed by atoms with van der Waals surface area (Å²) in [6.07, 6.45) is 20.2. The maximum atomic E-state index is 9.95. The molecule has 1 heteroatoms. The van der Waals surface area contributed by atoms with Crippen LogP contribution in [0.1, 0.15) is 110 Å². The zero-order valence-corrected chi connectivity index (χ0v) is 15.8. The molecule has 0 aliphatic heterocycles. The van der Waals surface area contributed by atoms with Gasteiger partial charge in [0.25, 0.3) is 0 Å². The molecule has 0 spiro atoms. The van der Waals surface area contributed by atoms with E-state index in [-0.39, 0.29) is 5.41 Å². The Morgan fingerprint density at radius 1 is 0.783 bits per heavy atom. The Hall–Kier alpha value is -0.510. The summed E-state index contributed by atoms with van der Waals surface area (Å²) in [7, 11) is 0. The molecule has 2 fully saturated rings. The van der Waals surface area contributed by atoms with Gasteiger partial charge in [-0.05, 0) is 56.3 Å². The summed E-state index contributed by atoms with van der Waals surface area (Å²) in [5, 5.41) is 9.95. The van der Waals surface area contributed by atoms with Crippen LogP contribution in [0.25, 0.3) is 0 Å². The van der Waals surface area contributed by atoms with Crippen molar-refractivity contribution in [1.29, 1.82) is 5.26 Å². The molecule has 0 unspecified atom stereocenters. The first-order chi connectivity index (χ1) is 11.2. The normalized spacial score (nSPS) is 34.9. The third kappa shape index (κ3) is 5.23. The Bertz CT molecular complexity index is 351. The van der Waals surface area contributed by atoms with E-state index in [1.54, 1.807) is 0 Å². The molecule has 0 N–H and O–H groups in total. The summed E-state index contributed by atoms with van der Waals surface area (Å²) in [6, 6.07) is 2.83. The molecule has 0 saturated heterocycles. The van der Waals surface area contributed by atoms with Gasteiger partial charge in [0.2, 0.25) is 0 Å². The van der Waals surface area contributed by atoms with Crippen molar-refractivity contribution in [2.75, 3.05) is 0 Å². The van der Waals surface area contributed by atoms with Crippen LogP contribution in [0.5, 0.6) is 0 Å². The summed E-state index contributed by atoms with van der Waals surface area (Å²) >= 11 is 0. The van der Waals surface area contributed by atoms with E-state index in [4.69, 9.17) is 0 Å². The fourth-order valence-corrected chi connectivity index (χ4v) is 5.36. The van der Waals surface area contributed by atoms with Gasteiger partial charge in [-0.25, -0.2) is 0 Å².